The third kappa shape index (κ3) is 3.92. The topological polar surface area (TPSA) is 85.4 Å². The monoisotopic (exact) mass is 361 g/mol. The summed E-state index contributed by atoms with van der Waals surface area (Å²) in [5.74, 6) is -2.10. The Morgan fingerprint density at radius 2 is 1.96 bits per heavy atom. The van der Waals surface area contributed by atoms with E-state index in [2.05, 4.69) is 10.3 Å². The number of hydrogen-bond donors (Lipinski definition) is 1. The van der Waals surface area contributed by atoms with Gasteiger partial charge in [-0.15, -0.1) is 0 Å². The van der Waals surface area contributed by atoms with E-state index in [1.165, 1.54) is 0 Å². The molecule has 1 heterocycles. The maximum Gasteiger partial charge on any atom is 1.00 e. The van der Waals surface area contributed by atoms with Crippen molar-refractivity contribution in [1.29, 1.82) is 0 Å². The number of carboxylic acids is 1. The van der Waals surface area contributed by atoms with Crippen LogP contribution in [0.3, 0.4) is 0 Å². The number of anilines is 1. The Kier molecular flexibility index (Phi) is 6.44. The van der Waals surface area contributed by atoms with Gasteiger partial charge in [0, 0.05) is 31.4 Å². The number of pyridine rings is 1. The van der Waals surface area contributed by atoms with Crippen LogP contribution in [-0.2, 0) is 21.5 Å². The zero-order valence-electron chi connectivity index (χ0n) is 15.2. The molecule has 0 saturated heterocycles. The zero-order valence-corrected chi connectivity index (χ0v) is 17.2. The first-order valence-electron chi connectivity index (χ1n) is 8.12. The van der Waals surface area contributed by atoms with Crippen molar-refractivity contribution in [3.63, 3.8) is 0 Å². The molecule has 0 radical (unpaired) electrons. The predicted molar refractivity (Wildman–Crippen MR) is 91.6 cm³/mol. The summed E-state index contributed by atoms with van der Waals surface area (Å²) < 4.78 is 0. The Hall–Kier alpha value is -1.89. The summed E-state index contributed by atoms with van der Waals surface area (Å²) >= 11 is 0. The minimum absolute atomic E-state index is 0. The maximum atomic E-state index is 12.5. The molecule has 1 fully saturated rings. The molecule has 0 unspecified atom stereocenters. The first-order chi connectivity index (χ1) is 11.9. The molecule has 2 atom stereocenters. The minimum Gasteiger partial charge on any atom is -0.549 e. The van der Waals surface area contributed by atoms with E-state index in [9.17, 15) is 14.7 Å². The van der Waals surface area contributed by atoms with Crippen molar-refractivity contribution in [2.24, 2.45) is 5.92 Å². The molecule has 1 aliphatic rings. The molecule has 1 N–H and O–H groups in total. The number of rotatable bonds is 6. The van der Waals surface area contributed by atoms with E-state index in [4.69, 9.17) is 0 Å². The first kappa shape index (κ1) is 20.4. The molecule has 6 nitrogen and oxygen atoms in total. The van der Waals surface area contributed by atoms with Crippen LogP contribution in [0, 0.1) is 5.92 Å². The van der Waals surface area contributed by atoms with E-state index in [1.54, 1.807) is 30.5 Å². The van der Waals surface area contributed by atoms with Crippen molar-refractivity contribution < 1.29 is 44.3 Å². The average Bonchev–Trinajstić information content (AvgIpc) is 3.38. The quantitative estimate of drug-likeness (QED) is 0.574. The number of carboxylic acid groups (broad SMARTS) is 1. The largest absolute Gasteiger partial charge is 1.00 e. The van der Waals surface area contributed by atoms with Gasteiger partial charge in [0.25, 0.3) is 0 Å². The molecule has 1 amide bonds. The van der Waals surface area contributed by atoms with Gasteiger partial charge < -0.3 is 20.1 Å². The van der Waals surface area contributed by atoms with E-state index >= 15 is 0 Å². The fourth-order valence-corrected chi connectivity index (χ4v) is 3.12. The Bertz CT molecular complexity index is 798. The number of carbonyl (C=O) groups is 2. The molecule has 1 aromatic heterocycles. The van der Waals surface area contributed by atoms with Crippen molar-refractivity contribution >= 4 is 17.6 Å². The summed E-state index contributed by atoms with van der Waals surface area (Å²) in [6, 6.07) is 12.6. The van der Waals surface area contributed by atoms with Crippen LogP contribution in [0.25, 0.3) is 0 Å². The number of amides is 1. The number of nitrogens with zero attached hydrogens (tertiary/aromatic N) is 2. The van der Waals surface area contributed by atoms with Crippen LogP contribution >= 0.6 is 0 Å². The molecule has 2 aromatic rings. The number of nitrogens with one attached hydrogen (secondary N) is 1. The predicted octanol–water partition coefficient (Wildman–Crippen LogP) is -2.52. The Morgan fingerprint density at radius 3 is 2.58 bits per heavy atom. The first-order valence-corrected chi connectivity index (χ1v) is 8.12. The molecule has 0 bridgehead atoms. The van der Waals surface area contributed by atoms with Crippen molar-refractivity contribution in [2.45, 2.75) is 18.4 Å². The summed E-state index contributed by atoms with van der Waals surface area (Å²) in [6.45, 7) is 0.259. The molecule has 7 heteroatoms. The average molecular weight is 361 g/mol. The smallest absolute Gasteiger partial charge is 0.549 e. The summed E-state index contributed by atoms with van der Waals surface area (Å²) in [4.78, 5) is 30.3. The summed E-state index contributed by atoms with van der Waals surface area (Å²) in [5, 5.41) is 14.5. The van der Waals surface area contributed by atoms with Crippen LogP contribution in [0.5, 0.6) is 0 Å². The van der Waals surface area contributed by atoms with Gasteiger partial charge in [0.15, 0.2) is 0 Å². The molecule has 1 saturated carbocycles. The van der Waals surface area contributed by atoms with E-state index in [0.717, 1.165) is 11.4 Å². The standard InChI is InChI=1S/C19H21N3O3.Na/c1-22(2)15-8-9-20-14(10-15)12-21-17(23)16-11-19(16,18(24)25)13-6-4-3-5-7-13;/h3-10,16H,11-12H2,1-2H3,(H,21,23)(H,24,25);/q;+1/p-1/t16-,19+;/m0./s1. The molecule has 3 rings (SSSR count). The molecule has 1 aromatic carbocycles. The van der Waals surface area contributed by atoms with Crippen molar-refractivity contribution in [3.8, 4) is 0 Å². The summed E-state index contributed by atoms with van der Waals surface area (Å²) in [5.41, 5.74) is 1.10. The second-order valence-corrected chi connectivity index (χ2v) is 6.50. The number of hydrogen-bond acceptors (Lipinski definition) is 5. The SMILES string of the molecule is CN(C)c1ccnc(CNC(=O)[C@@H]2C[C@@]2(C(=O)[O-])c2ccccc2)c1.[Na+]. The zero-order chi connectivity index (χ0) is 18.0. The second kappa shape index (κ2) is 8.20. The third-order valence-electron chi connectivity index (χ3n) is 4.69. The Balaban J connectivity index is 0.00000243. The van der Waals surface area contributed by atoms with Gasteiger partial charge in [-0.1, -0.05) is 30.3 Å². The Morgan fingerprint density at radius 1 is 1.27 bits per heavy atom. The van der Waals surface area contributed by atoms with E-state index in [1.807, 2.05) is 37.2 Å². The van der Waals surface area contributed by atoms with Crippen molar-refractivity contribution in [1.82, 2.24) is 10.3 Å². The van der Waals surface area contributed by atoms with Crippen LogP contribution in [0.4, 0.5) is 5.69 Å². The molecule has 1 aliphatic carbocycles. The molecule has 130 valence electrons. The fraction of sp³-hybridized carbons (Fsp3) is 0.316. The summed E-state index contributed by atoms with van der Waals surface area (Å²) in [6.07, 6.45) is 1.94. The summed E-state index contributed by atoms with van der Waals surface area (Å²) in [7, 11) is 3.85. The van der Waals surface area contributed by atoms with Gasteiger partial charge >= 0.3 is 29.6 Å². The van der Waals surface area contributed by atoms with E-state index in [0.29, 0.717) is 5.56 Å². The van der Waals surface area contributed by atoms with Gasteiger partial charge in [-0.05, 0) is 24.1 Å². The third-order valence-corrected chi connectivity index (χ3v) is 4.69. The fourth-order valence-electron chi connectivity index (χ4n) is 3.12. The normalized spacial score (nSPS) is 20.6. The number of benzene rings is 1. The van der Waals surface area contributed by atoms with Gasteiger partial charge in [-0.25, -0.2) is 0 Å². The van der Waals surface area contributed by atoms with Crippen LogP contribution in [0.15, 0.2) is 48.7 Å². The number of aliphatic carboxylic acids is 1. The van der Waals surface area contributed by atoms with Crippen molar-refractivity contribution in [2.75, 3.05) is 19.0 Å². The van der Waals surface area contributed by atoms with E-state index in [-0.39, 0.29) is 48.4 Å². The second-order valence-electron chi connectivity index (χ2n) is 6.50. The van der Waals surface area contributed by atoms with Crippen LogP contribution in [0.2, 0.25) is 0 Å². The Labute approximate surface area is 174 Å². The number of carbonyl (C=O) groups excluding carboxylic acids is 2. The van der Waals surface area contributed by atoms with Crippen LogP contribution < -0.4 is 44.9 Å². The van der Waals surface area contributed by atoms with Crippen molar-refractivity contribution in [3.05, 3.63) is 59.9 Å². The van der Waals surface area contributed by atoms with Gasteiger partial charge in [-0.2, -0.15) is 0 Å². The van der Waals surface area contributed by atoms with E-state index < -0.39 is 17.3 Å². The number of aromatic nitrogens is 1. The minimum atomic E-state index is -1.22. The van der Waals surface area contributed by atoms with Gasteiger partial charge in [-0.3, -0.25) is 9.78 Å². The van der Waals surface area contributed by atoms with Gasteiger partial charge in [0.1, 0.15) is 0 Å². The maximum absolute atomic E-state index is 12.5. The molecular formula is C19H20N3NaO3. The van der Waals surface area contributed by atoms with Crippen LogP contribution in [0.1, 0.15) is 17.7 Å². The molecule has 26 heavy (non-hydrogen) atoms. The van der Waals surface area contributed by atoms with Gasteiger partial charge in [0.05, 0.1) is 24.1 Å². The van der Waals surface area contributed by atoms with Gasteiger partial charge in [0.2, 0.25) is 5.91 Å². The molecule has 0 spiro atoms. The van der Waals surface area contributed by atoms with Crippen LogP contribution in [-0.4, -0.2) is 31.0 Å². The molecular weight excluding hydrogens is 341 g/mol. The molecule has 0 aliphatic heterocycles.